The molecular weight excluding hydrogens is 420 g/mol. The number of carboxylic acid groups (broad SMARTS) is 1. The van der Waals surface area contributed by atoms with Crippen LogP contribution in [0, 0.1) is 12.3 Å². The lowest BCUT2D eigenvalue weighted by Crippen LogP contribution is -2.73. The first-order valence-electron chi connectivity index (χ1n) is 11.5. The van der Waals surface area contributed by atoms with E-state index in [0.717, 1.165) is 24.2 Å². The molecule has 0 aromatic heterocycles. The summed E-state index contributed by atoms with van der Waals surface area (Å²) in [4.78, 5) is 38.0. The highest BCUT2D eigenvalue weighted by atomic mass is 16.5. The van der Waals surface area contributed by atoms with Crippen LogP contribution in [0.1, 0.15) is 61.0 Å². The van der Waals surface area contributed by atoms with Crippen LogP contribution in [0.3, 0.4) is 0 Å². The number of hydrogen-bond acceptors (Lipinski definition) is 4. The Morgan fingerprint density at radius 1 is 1.03 bits per heavy atom. The normalized spacial score (nSPS) is 16.8. The zero-order valence-electron chi connectivity index (χ0n) is 19.5. The van der Waals surface area contributed by atoms with Crippen LogP contribution in [-0.4, -0.2) is 40.7 Å². The number of benzene rings is 2. The number of imide groups is 1. The van der Waals surface area contributed by atoms with E-state index >= 15 is 0 Å². The van der Waals surface area contributed by atoms with Gasteiger partial charge in [0.2, 0.25) is 5.91 Å². The molecule has 7 nitrogen and oxygen atoms in total. The molecule has 2 aromatic carbocycles. The molecule has 176 valence electrons. The van der Waals surface area contributed by atoms with Crippen molar-refractivity contribution in [1.29, 1.82) is 0 Å². The molecule has 1 aliphatic heterocycles. The summed E-state index contributed by atoms with van der Waals surface area (Å²) in [6.07, 6.45) is 3.02. The quantitative estimate of drug-likeness (QED) is 0.400. The number of unbranched alkanes of at least 4 members (excludes halogenated alkanes) is 1. The lowest BCUT2D eigenvalue weighted by molar-refractivity contribution is -0.190. The Balaban J connectivity index is 1.58. The minimum atomic E-state index is -1.03. The molecule has 1 heterocycles. The number of urea groups is 1. The van der Waals surface area contributed by atoms with E-state index in [9.17, 15) is 14.4 Å². The van der Waals surface area contributed by atoms with Gasteiger partial charge >= 0.3 is 12.0 Å². The van der Waals surface area contributed by atoms with Crippen LogP contribution in [0.4, 0.5) is 4.79 Å². The molecule has 0 radical (unpaired) electrons. The topological polar surface area (TPSA) is 95.9 Å². The van der Waals surface area contributed by atoms with Crippen molar-refractivity contribution in [1.82, 2.24) is 10.2 Å². The molecule has 33 heavy (non-hydrogen) atoms. The monoisotopic (exact) mass is 452 g/mol. The van der Waals surface area contributed by atoms with Gasteiger partial charge in [0.05, 0.1) is 5.56 Å². The molecule has 2 N–H and O–H groups in total. The van der Waals surface area contributed by atoms with Crippen LogP contribution >= 0.6 is 0 Å². The largest absolute Gasteiger partial charge is 0.478 e. The minimum absolute atomic E-state index is 0.143. The number of nitrogens with zero attached hydrogens (tertiary/aromatic N) is 1. The second-order valence-corrected chi connectivity index (χ2v) is 8.51. The van der Waals surface area contributed by atoms with Crippen molar-refractivity contribution in [2.75, 3.05) is 6.54 Å². The number of carbonyl (C=O) groups is 3. The number of carboxylic acids is 1. The molecule has 0 saturated carbocycles. The fourth-order valence-corrected chi connectivity index (χ4v) is 4.19. The number of hydrogen-bond donors (Lipinski definition) is 2. The van der Waals surface area contributed by atoms with E-state index in [-0.39, 0.29) is 11.5 Å². The average Bonchev–Trinajstić information content (AvgIpc) is 2.81. The number of amides is 3. The highest BCUT2D eigenvalue weighted by molar-refractivity contribution is 6.03. The summed E-state index contributed by atoms with van der Waals surface area (Å²) in [7, 11) is 0. The van der Waals surface area contributed by atoms with E-state index in [2.05, 4.69) is 36.5 Å². The van der Waals surface area contributed by atoms with Crippen LogP contribution in [0.5, 0.6) is 5.75 Å². The van der Waals surface area contributed by atoms with Gasteiger partial charge in [0.15, 0.2) is 6.23 Å². The van der Waals surface area contributed by atoms with Gasteiger partial charge in [-0.1, -0.05) is 43.7 Å². The standard InChI is InChI=1S/C26H32N2O5/c1-4-26(5-2)23(31)28(24(26)33-21-15-13-20(14-16-21)22(29)30)25(32)27-17-7-6-8-19-11-9-18(3)10-12-19/h9-16,24H,4-8,17H2,1-3H3,(H,27,32)(H,29,30)/t24-/m0/s1. The fraction of sp³-hybridized carbons (Fsp3) is 0.423. The molecule has 0 aliphatic carbocycles. The Kier molecular flexibility index (Phi) is 7.74. The predicted octanol–water partition coefficient (Wildman–Crippen LogP) is 4.78. The first-order chi connectivity index (χ1) is 15.8. The molecule has 0 unspecified atom stereocenters. The summed E-state index contributed by atoms with van der Waals surface area (Å²) in [6.45, 7) is 6.35. The van der Waals surface area contributed by atoms with E-state index in [1.54, 1.807) is 12.1 Å². The third-order valence-corrected chi connectivity index (χ3v) is 6.47. The molecular formula is C26H32N2O5. The molecule has 1 aliphatic rings. The molecule has 1 fully saturated rings. The Morgan fingerprint density at radius 2 is 1.67 bits per heavy atom. The summed E-state index contributed by atoms with van der Waals surface area (Å²) in [5, 5.41) is 11.9. The summed E-state index contributed by atoms with van der Waals surface area (Å²) < 4.78 is 6.03. The number of ether oxygens (including phenoxy) is 1. The Hall–Kier alpha value is -3.35. The van der Waals surface area contributed by atoms with Crippen molar-refractivity contribution in [2.45, 2.75) is 59.1 Å². The number of nitrogens with one attached hydrogen (secondary N) is 1. The molecule has 2 aromatic rings. The molecule has 1 saturated heterocycles. The van der Waals surface area contributed by atoms with Gasteiger partial charge < -0.3 is 15.2 Å². The van der Waals surface area contributed by atoms with Gasteiger partial charge in [-0.05, 0) is 68.9 Å². The number of likely N-dealkylation sites (tertiary alicyclic amines) is 1. The van der Waals surface area contributed by atoms with Gasteiger partial charge in [0, 0.05) is 6.54 Å². The predicted molar refractivity (Wildman–Crippen MR) is 125 cm³/mol. The van der Waals surface area contributed by atoms with Crippen LogP contribution in [-0.2, 0) is 11.2 Å². The third kappa shape index (κ3) is 5.18. The fourth-order valence-electron chi connectivity index (χ4n) is 4.19. The first-order valence-corrected chi connectivity index (χ1v) is 11.5. The van der Waals surface area contributed by atoms with Crippen LogP contribution in [0.15, 0.2) is 48.5 Å². The maximum absolute atomic E-state index is 12.9. The van der Waals surface area contributed by atoms with Crippen LogP contribution < -0.4 is 10.1 Å². The lowest BCUT2D eigenvalue weighted by Gasteiger charge is -2.53. The van der Waals surface area contributed by atoms with Gasteiger partial charge in [-0.2, -0.15) is 0 Å². The van der Waals surface area contributed by atoms with E-state index in [1.165, 1.54) is 23.3 Å². The summed E-state index contributed by atoms with van der Waals surface area (Å²) in [5.41, 5.74) is 1.87. The first kappa shape index (κ1) is 24.3. The maximum Gasteiger partial charge on any atom is 0.335 e. The lowest BCUT2D eigenvalue weighted by atomic mass is 9.72. The van der Waals surface area contributed by atoms with Gasteiger partial charge in [-0.15, -0.1) is 0 Å². The third-order valence-electron chi connectivity index (χ3n) is 6.47. The van der Waals surface area contributed by atoms with E-state index in [0.29, 0.717) is 25.1 Å². The number of β-lactam (4-membered cyclic amide) rings is 1. The molecule has 1 atom stereocenters. The second kappa shape index (κ2) is 10.5. The van der Waals surface area contributed by atoms with Gasteiger partial charge in [0.25, 0.3) is 0 Å². The molecule has 3 rings (SSSR count). The van der Waals surface area contributed by atoms with Crippen LogP contribution in [0.2, 0.25) is 0 Å². The highest BCUT2D eigenvalue weighted by Crippen LogP contribution is 2.46. The Bertz CT molecular complexity index is 981. The van der Waals surface area contributed by atoms with E-state index in [4.69, 9.17) is 9.84 Å². The zero-order chi connectivity index (χ0) is 24.0. The van der Waals surface area contributed by atoms with Crippen molar-refractivity contribution < 1.29 is 24.2 Å². The highest BCUT2D eigenvalue weighted by Gasteiger charge is 2.62. The van der Waals surface area contributed by atoms with E-state index < -0.39 is 23.6 Å². The van der Waals surface area contributed by atoms with Crippen LogP contribution in [0.25, 0.3) is 0 Å². The minimum Gasteiger partial charge on any atom is -0.478 e. The SMILES string of the molecule is CCC1(CC)C(=O)N(C(=O)NCCCCc2ccc(C)cc2)[C@H]1Oc1ccc(C(=O)O)cc1. The molecule has 3 amide bonds. The Morgan fingerprint density at radius 3 is 2.24 bits per heavy atom. The summed E-state index contributed by atoms with van der Waals surface area (Å²) in [5.74, 6) is -0.850. The smallest absolute Gasteiger partial charge is 0.335 e. The molecule has 0 spiro atoms. The molecule has 0 bridgehead atoms. The summed E-state index contributed by atoms with van der Waals surface area (Å²) in [6, 6.07) is 13.9. The second-order valence-electron chi connectivity index (χ2n) is 8.51. The van der Waals surface area contributed by atoms with Crippen molar-refractivity contribution in [3.05, 3.63) is 65.2 Å². The van der Waals surface area contributed by atoms with Gasteiger partial charge in [-0.25, -0.2) is 14.5 Å². The van der Waals surface area contributed by atoms with Gasteiger partial charge in [0.1, 0.15) is 11.2 Å². The number of aromatic carboxylic acids is 1. The van der Waals surface area contributed by atoms with Crippen molar-refractivity contribution in [3.63, 3.8) is 0 Å². The van der Waals surface area contributed by atoms with Gasteiger partial charge in [-0.3, -0.25) is 4.79 Å². The Labute approximate surface area is 194 Å². The summed E-state index contributed by atoms with van der Waals surface area (Å²) >= 11 is 0. The number of rotatable bonds is 10. The maximum atomic E-state index is 12.9. The average molecular weight is 453 g/mol. The van der Waals surface area contributed by atoms with E-state index in [1.807, 2.05) is 13.8 Å². The van der Waals surface area contributed by atoms with Crippen molar-refractivity contribution in [3.8, 4) is 5.75 Å². The molecule has 7 heteroatoms. The zero-order valence-corrected chi connectivity index (χ0v) is 19.5. The van der Waals surface area contributed by atoms with Crippen molar-refractivity contribution in [2.24, 2.45) is 5.41 Å². The number of aryl methyl sites for hydroxylation is 2. The number of carbonyl (C=O) groups excluding carboxylic acids is 2. The van der Waals surface area contributed by atoms with Crippen molar-refractivity contribution >= 4 is 17.9 Å².